The Morgan fingerprint density at radius 1 is 0.556 bits per heavy atom. The molecule has 6 nitrogen and oxygen atoms in total. The molecule has 3 rings (SSSR count). The first-order valence-corrected chi connectivity index (χ1v) is 13.6. The van der Waals surface area contributed by atoms with E-state index in [1.165, 1.54) is 0 Å². The molecule has 1 heterocycles. The van der Waals surface area contributed by atoms with Gasteiger partial charge in [-0.25, -0.2) is 0 Å². The molecule has 0 aliphatic heterocycles. The molecule has 0 fully saturated rings. The maximum atomic E-state index is 12.7. The number of rotatable bonds is 12. The molecular formula is C26H28Cl4N4O2. The number of nitrogens with zero attached hydrogens (tertiary/aromatic N) is 2. The van der Waals surface area contributed by atoms with Crippen LogP contribution in [-0.4, -0.2) is 59.7 Å². The Morgan fingerprint density at radius 3 is 1.14 bits per heavy atom. The number of nitrogens with one attached hydrogen (secondary N) is 2. The van der Waals surface area contributed by atoms with Gasteiger partial charge in [0.1, 0.15) is 10.7 Å². The normalized spacial score (nSPS) is 12.2. The SMILES string of the molecule is O=c1[nH]/c(=C\c2ccc(N(CCCl)CCCl)cc2)c(=O)[nH]/c1=C\c1ccc(N(CCCl)CCCl)cc1. The summed E-state index contributed by atoms with van der Waals surface area (Å²) >= 11 is 23.5. The first-order chi connectivity index (χ1) is 17.5. The summed E-state index contributed by atoms with van der Waals surface area (Å²) in [7, 11) is 0. The quantitative estimate of drug-likeness (QED) is 0.328. The van der Waals surface area contributed by atoms with Crippen LogP contribution in [-0.2, 0) is 0 Å². The smallest absolute Gasteiger partial charge is 0.272 e. The van der Waals surface area contributed by atoms with Crippen molar-refractivity contribution in [3.63, 3.8) is 0 Å². The molecule has 0 aliphatic carbocycles. The van der Waals surface area contributed by atoms with Crippen LogP contribution in [0, 0.1) is 0 Å². The Morgan fingerprint density at radius 2 is 0.861 bits per heavy atom. The second-order valence-electron chi connectivity index (χ2n) is 7.94. The minimum Gasteiger partial charge on any atom is -0.369 e. The summed E-state index contributed by atoms with van der Waals surface area (Å²) < 4.78 is 0. The summed E-state index contributed by atoms with van der Waals surface area (Å²) in [6.45, 7) is 2.74. The number of aromatic amines is 2. The van der Waals surface area contributed by atoms with Crippen LogP contribution in [0.15, 0.2) is 58.1 Å². The molecule has 0 amide bonds. The first kappa shape index (κ1) is 28.2. The monoisotopic (exact) mass is 568 g/mol. The molecule has 192 valence electrons. The number of alkyl halides is 4. The minimum absolute atomic E-state index is 0.177. The topological polar surface area (TPSA) is 72.2 Å². The van der Waals surface area contributed by atoms with Gasteiger partial charge in [-0.2, -0.15) is 0 Å². The van der Waals surface area contributed by atoms with Crippen LogP contribution in [0.3, 0.4) is 0 Å². The van der Waals surface area contributed by atoms with Crippen molar-refractivity contribution in [1.82, 2.24) is 9.97 Å². The predicted molar refractivity (Wildman–Crippen MR) is 154 cm³/mol. The van der Waals surface area contributed by atoms with E-state index in [4.69, 9.17) is 46.4 Å². The third kappa shape index (κ3) is 7.81. The second-order valence-corrected chi connectivity index (χ2v) is 9.45. The van der Waals surface area contributed by atoms with Crippen molar-refractivity contribution >= 4 is 69.9 Å². The van der Waals surface area contributed by atoms with Crippen molar-refractivity contribution in [3.05, 3.63) is 91.1 Å². The van der Waals surface area contributed by atoms with Crippen molar-refractivity contribution in [1.29, 1.82) is 0 Å². The third-order valence-corrected chi connectivity index (χ3v) is 6.22. The second kappa shape index (κ2) is 14.4. The highest BCUT2D eigenvalue weighted by Crippen LogP contribution is 2.17. The zero-order valence-electron chi connectivity index (χ0n) is 19.7. The number of halogens is 4. The Bertz CT molecular complexity index is 1220. The Labute approximate surface area is 229 Å². The average Bonchev–Trinajstić information content (AvgIpc) is 2.88. The van der Waals surface area contributed by atoms with Crippen molar-refractivity contribution in [2.24, 2.45) is 0 Å². The van der Waals surface area contributed by atoms with Gasteiger partial charge in [0, 0.05) is 61.1 Å². The van der Waals surface area contributed by atoms with Crippen LogP contribution in [0.4, 0.5) is 11.4 Å². The van der Waals surface area contributed by atoms with E-state index in [1.807, 2.05) is 48.5 Å². The molecule has 0 unspecified atom stereocenters. The van der Waals surface area contributed by atoms with Crippen molar-refractivity contribution in [2.45, 2.75) is 0 Å². The van der Waals surface area contributed by atoms with E-state index in [9.17, 15) is 9.59 Å². The molecule has 2 aromatic carbocycles. The number of hydrogen-bond acceptors (Lipinski definition) is 4. The standard InChI is InChI=1S/C26H28Cl4N4O2/c27-9-13-33(14-10-28)21-5-1-19(2-6-21)17-23-25(35)32-24(26(36)31-23)18-20-3-7-22(8-4-20)34(15-11-29)16-12-30/h1-8,17-18H,9-16H2,(H,31,36)(H,32,35)/b23-17-,24-18-. The highest BCUT2D eigenvalue weighted by atomic mass is 35.5. The van der Waals surface area contributed by atoms with Crippen LogP contribution in [0.5, 0.6) is 0 Å². The summed E-state index contributed by atoms with van der Waals surface area (Å²) in [5.41, 5.74) is 2.76. The maximum Gasteiger partial charge on any atom is 0.272 e. The van der Waals surface area contributed by atoms with Gasteiger partial charge in [-0.3, -0.25) is 9.59 Å². The molecule has 36 heavy (non-hydrogen) atoms. The maximum absolute atomic E-state index is 12.7. The summed E-state index contributed by atoms with van der Waals surface area (Å²) in [6, 6.07) is 15.2. The molecule has 10 heteroatoms. The molecule has 0 spiro atoms. The van der Waals surface area contributed by atoms with Crippen LogP contribution in [0.1, 0.15) is 11.1 Å². The van der Waals surface area contributed by atoms with Crippen molar-refractivity contribution < 1.29 is 0 Å². The largest absolute Gasteiger partial charge is 0.369 e. The number of benzene rings is 2. The summed E-state index contributed by atoms with van der Waals surface area (Å²) in [4.78, 5) is 34.9. The first-order valence-electron chi connectivity index (χ1n) is 11.5. The van der Waals surface area contributed by atoms with Gasteiger partial charge < -0.3 is 19.8 Å². The lowest BCUT2D eigenvalue weighted by Gasteiger charge is -2.22. The minimum atomic E-state index is -0.386. The van der Waals surface area contributed by atoms with Gasteiger partial charge in [0.05, 0.1) is 0 Å². The molecule has 1 aromatic heterocycles. The molecule has 0 saturated heterocycles. The summed E-state index contributed by atoms with van der Waals surface area (Å²) in [6.07, 6.45) is 3.27. The lowest BCUT2D eigenvalue weighted by Crippen LogP contribution is -2.46. The van der Waals surface area contributed by atoms with Gasteiger partial charge in [0.15, 0.2) is 0 Å². The Kier molecular flexibility index (Phi) is 11.3. The molecule has 0 saturated carbocycles. The van der Waals surface area contributed by atoms with Gasteiger partial charge >= 0.3 is 0 Å². The molecule has 3 aromatic rings. The van der Waals surface area contributed by atoms with Gasteiger partial charge in [-0.05, 0) is 47.5 Å². The lowest BCUT2D eigenvalue weighted by atomic mass is 10.1. The van der Waals surface area contributed by atoms with Crippen LogP contribution in [0.2, 0.25) is 0 Å². The summed E-state index contributed by atoms with van der Waals surface area (Å²) in [5.74, 6) is 1.98. The van der Waals surface area contributed by atoms with E-state index in [1.54, 1.807) is 12.2 Å². The van der Waals surface area contributed by atoms with Crippen LogP contribution < -0.4 is 31.6 Å². The molecule has 2 N–H and O–H groups in total. The molecular weight excluding hydrogens is 542 g/mol. The molecule has 0 bridgehead atoms. The fourth-order valence-electron chi connectivity index (χ4n) is 3.74. The number of anilines is 2. The van der Waals surface area contributed by atoms with E-state index in [-0.39, 0.29) is 21.8 Å². The highest BCUT2D eigenvalue weighted by Gasteiger charge is 2.06. The Balaban J connectivity index is 1.86. The van der Waals surface area contributed by atoms with Crippen molar-refractivity contribution in [3.8, 4) is 0 Å². The number of hydrogen-bond donors (Lipinski definition) is 2. The predicted octanol–water partition coefficient (Wildman–Crippen LogP) is 3.29. The molecule has 0 atom stereocenters. The molecule has 0 radical (unpaired) electrons. The van der Waals surface area contributed by atoms with E-state index < -0.39 is 0 Å². The Hall–Kier alpha value is -2.38. The molecule has 0 aliphatic rings. The van der Waals surface area contributed by atoms with E-state index in [2.05, 4.69) is 19.8 Å². The van der Waals surface area contributed by atoms with Gasteiger partial charge in [0.2, 0.25) is 0 Å². The van der Waals surface area contributed by atoms with E-state index in [0.717, 1.165) is 22.5 Å². The number of H-pyrrole nitrogens is 2. The summed E-state index contributed by atoms with van der Waals surface area (Å²) in [5, 5.41) is 0.354. The fraction of sp³-hybridized carbons (Fsp3) is 0.308. The zero-order valence-corrected chi connectivity index (χ0v) is 22.7. The third-order valence-electron chi connectivity index (χ3n) is 5.54. The van der Waals surface area contributed by atoms with Gasteiger partial charge in [-0.15, -0.1) is 46.4 Å². The fourth-order valence-corrected chi connectivity index (χ4v) is 4.56. The average molecular weight is 570 g/mol. The number of aromatic nitrogens is 2. The van der Waals surface area contributed by atoms with Gasteiger partial charge in [0.25, 0.3) is 11.1 Å². The lowest BCUT2D eigenvalue weighted by molar-refractivity contribution is 0.874. The highest BCUT2D eigenvalue weighted by molar-refractivity contribution is 6.19. The van der Waals surface area contributed by atoms with Crippen LogP contribution in [0.25, 0.3) is 12.2 Å². The van der Waals surface area contributed by atoms with Crippen LogP contribution >= 0.6 is 46.4 Å². The van der Waals surface area contributed by atoms with Crippen molar-refractivity contribution in [2.75, 3.05) is 59.5 Å². The van der Waals surface area contributed by atoms with Gasteiger partial charge in [-0.1, -0.05) is 24.3 Å². The van der Waals surface area contributed by atoms with E-state index in [0.29, 0.717) is 49.7 Å². The zero-order chi connectivity index (χ0) is 25.9. The van der Waals surface area contributed by atoms with E-state index >= 15 is 0 Å².